The fourth-order valence-corrected chi connectivity index (χ4v) is 3.44. The molecule has 2 fully saturated rings. The van der Waals surface area contributed by atoms with E-state index < -0.39 is 106 Å². The zero-order chi connectivity index (χ0) is 24.2. The fourth-order valence-electron chi connectivity index (χ4n) is 3.44. The molecule has 0 aromatic heterocycles. The van der Waals surface area contributed by atoms with Crippen LogP contribution in [-0.4, -0.2) is 162 Å². The Bertz CT molecular complexity index is 554. The molecule has 13 atom stereocenters. The molecule has 0 aliphatic carbocycles. The molecular formula is C17H32O15. The number of hydrogen-bond acceptors (Lipinski definition) is 15. The predicted octanol–water partition coefficient (Wildman–Crippen LogP) is -7.30. The standard InChI is InChI=1S/C17H32O15/c18-1-5(22)9(24)14(6(23)2-19)31-17-13(28)15(11(26)8(4-21)30-17)32-16-12(27)10(25)7(3-20)29-16/h5-28H,1-4H2/t5-,6-,7-,8+,9-,10-,11-,12+,13+,14-,15-,16-,17-/m0/s1. The van der Waals surface area contributed by atoms with Gasteiger partial charge in [-0.05, 0) is 0 Å². The zero-order valence-electron chi connectivity index (χ0n) is 16.9. The van der Waals surface area contributed by atoms with E-state index in [9.17, 15) is 46.0 Å². The van der Waals surface area contributed by atoms with Gasteiger partial charge >= 0.3 is 0 Å². The second kappa shape index (κ2) is 12.2. The van der Waals surface area contributed by atoms with Crippen LogP contribution in [0.2, 0.25) is 0 Å². The highest BCUT2D eigenvalue weighted by atomic mass is 16.7. The van der Waals surface area contributed by atoms with E-state index in [2.05, 4.69) is 0 Å². The fraction of sp³-hybridized carbons (Fsp3) is 1.00. The summed E-state index contributed by atoms with van der Waals surface area (Å²) >= 11 is 0. The Morgan fingerprint density at radius 3 is 1.69 bits per heavy atom. The van der Waals surface area contributed by atoms with Gasteiger partial charge in [0, 0.05) is 0 Å². The van der Waals surface area contributed by atoms with Crippen LogP contribution in [0.3, 0.4) is 0 Å². The van der Waals surface area contributed by atoms with Crippen LogP contribution >= 0.6 is 0 Å². The van der Waals surface area contributed by atoms with Crippen LogP contribution < -0.4 is 0 Å². The minimum atomic E-state index is -1.95. The van der Waals surface area contributed by atoms with Crippen molar-refractivity contribution in [3.05, 3.63) is 0 Å². The smallest absolute Gasteiger partial charge is 0.187 e. The van der Waals surface area contributed by atoms with E-state index in [0.29, 0.717) is 0 Å². The Hall–Kier alpha value is -0.600. The van der Waals surface area contributed by atoms with Crippen molar-refractivity contribution < 1.29 is 75.1 Å². The molecule has 2 heterocycles. The maximum Gasteiger partial charge on any atom is 0.187 e. The number of rotatable bonds is 11. The van der Waals surface area contributed by atoms with Gasteiger partial charge in [-0.1, -0.05) is 0 Å². The molecule has 0 aromatic carbocycles. The molecule has 2 rings (SSSR count). The Morgan fingerprint density at radius 1 is 0.656 bits per heavy atom. The van der Waals surface area contributed by atoms with Crippen LogP contribution in [0, 0.1) is 0 Å². The molecular weight excluding hydrogens is 444 g/mol. The van der Waals surface area contributed by atoms with Crippen molar-refractivity contribution >= 4 is 0 Å². The van der Waals surface area contributed by atoms with Gasteiger partial charge in [-0.15, -0.1) is 0 Å². The van der Waals surface area contributed by atoms with Crippen molar-refractivity contribution in [1.29, 1.82) is 0 Å². The first-order valence-electron chi connectivity index (χ1n) is 9.92. The highest BCUT2D eigenvalue weighted by molar-refractivity contribution is 4.94. The van der Waals surface area contributed by atoms with Gasteiger partial charge in [0.1, 0.15) is 67.1 Å². The molecule has 2 saturated heterocycles. The number of aliphatic hydroxyl groups excluding tert-OH is 11. The lowest BCUT2D eigenvalue weighted by molar-refractivity contribution is -0.348. The van der Waals surface area contributed by atoms with Crippen molar-refractivity contribution in [3.8, 4) is 0 Å². The largest absolute Gasteiger partial charge is 0.394 e. The summed E-state index contributed by atoms with van der Waals surface area (Å²) in [6.45, 7) is -3.34. The molecule has 0 radical (unpaired) electrons. The maximum absolute atomic E-state index is 10.6. The van der Waals surface area contributed by atoms with Crippen molar-refractivity contribution in [2.45, 2.75) is 79.7 Å². The van der Waals surface area contributed by atoms with Gasteiger partial charge in [0.2, 0.25) is 0 Å². The first-order valence-corrected chi connectivity index (χ1v) is 9.92. The van der Waals surface area contributed by atoms with Crippen LogP contribution in [0.4, 0.5) is 0 Å². The Morgan fingerprint density at radius 2 is 1.19 bits per heavy atom. The van der Waals surface area contributed by atoms with Crippen molar-refractivity contribution in [2.24, 2.45) is 0 Å². The summed E-state index contributed by atoms with van der Waals surface area (Å²) in [5.74, 6) is 0. The second-order valence-corrected chi connectivity index (χ2v) is 7.61. The molecule has 0 unspecified atom stereocenters. The third kappa shape index (κ3) is 5.90. The summed E-state index contributed by atoms with van der Waals surface area (Å²) < 4.78 is 21.1. The average Bonchev–Trinajstić information content (AvgIpc) is 3.07. The summed E-state index contributed by atoms with van der Waals surface area (Å²) in [6, 6.07) is 0. The van der Waals surface area contributed by atoms with Gasteiger partial charge < -0.3 is 75.1 Å². The number of hydrogen-bond donors (Lipinski definition) is 11. The lowest BCUT2D eigenvalue weighted by Crippen LogP contribution is -2.63. The SMILES string of the molecule is OC[C@@H]1O[C@@H](O[C@H]2[C@@H](O)[C@@H](CO)O[C@@H](O[C@H]([C@@H](O)[C@@H](O)CO)[C@@H](O)CO)[C@@H]2O)[C@H](O)[C@H]1O. The molecule has 0 saturated carbocycles. The van der Waals surface area contributed by atoms with Crippen LogP contribution in [0.25, 0.3) is 0 Å². The van der Waals surface area contributed by atoms with Gasteiger partial charge in [0.05, 0.1) is 26.4 Å². The van der Waals surface area contributed by atoms with Crippen LogP contribution in [0.1, 0.15) is 0 Å². The van der Waals surface area contributed by atoms with E-state index >= 15 is 0 Å². The lowest BCUT2D eigenvalue weighted by Gasteiger charge is -2.44. The number of aliphatic hydroxyl groups is 11. The first kappa shape index (κ1) is 27.6. The minimum Gasteiger partial charge on any atom is -0.394 e. The quantitative estimate of drug-likeness (QED) is 0.132. The monoisotopic (exact) mass is 476 g/mol. The van der Waals surface area contributed by atoms with E-state index in [0.717, 1.165) is 0 Å². The summed E-state index contributed by atoms with van der Waals surface area (Å²) in [6.07, 6.45) is -21.9. The third-order valence-corrected chi connectivity index (χ3v) is 5.39. The van der Waals surface area contributed by atoms with E-state index in [1.54, 1.807) is 0 Å². The van der Waals surface area contributed by atoms with Gasteiger partial charge in [0.15, 0.2) is 12.6 Å². The Balaban J connectivity index is 2.20. The average molecular weight is 476 g/mol. The van der Waals surface area contributed by atoms with Crippen LogP contribution in [0.5, 0.6) is 0 Å². The van der Waals surface area contributed by atoms with Crippen molar-refractivity contribution in [3.63, 3.8) is 0 Å². The second-order valence-electron chi connectivity index (χ2n) is 7.61. The Kier molecular flexibility index (Phi) is 10.5. The van der Waals surface area contributed by atoms with Crippen LogP contribution in [0.15, 0.2) is 0 Å². The van der Waals surface area contributed by atoms with Gasteiger partial charge in [-0.3, -0.25) is 0 Å². The number of ether oxygens (including phenoxy) is 4. The molecule has 0 aromatic rings. The van der Waals surface area contributed by atoms with Crippen molar-refractivity contribution in [1.82, 2.24) is 0 Å². The molecule has 2 aliphatic heterocycles. The molecule has 2 aliphatic rings. The lowest BCUT2D eigenvalue weighted by atomic mass is 9.98. The van der Waals surface area contributed by atoms with Crippen LogP contribution in [-0.2, 0) is 18.9 Å². The summed E-state index contributed by atoms with van der Waals surface area (Å²) in [4.78, 5) is 0. The minimum absolute atomic E-state index is 0.659. The molecule has 32 heavy (non-hydrogen) atoms. The van der Waals surface area contributed by atoms with E-state index in [4.69, 9.17) is 29.2 Å². The summed E-state index contributed by atoms with van der Waals surface area (Å²) in [7, 11) is 0. The van der Waals surface area contributed by atoms with Crippen molar-refractivity contribution in [2.75, 3.05) is 26.4 Å². The third-order valence-electron chi connectivity index (χ3n) is 5.39. The molecule has 15 nitrogen and oxygen atoms in total. The predicted molar refractivity (Wildman–Crippen MR) is 97.5 cm³/mol. The van der Waals surface area contributed by atoms with Gasteiger partial charge in [-0.2, -0.15) is 0 Å². The molecule has 11 N–H and O–H groups in total. The van der Waals surface area contributed by atoms with E-state index in [1.807, 2.05) is 0 Å². The maximum atomic E-state index is 10.6. The summed E-state index contributed by atoms with van der Waals surface area (Å²) in [5.41, 5.74) is 0. The highest BCUT2D eigenvalue weighted by Crippen LogP contribution is 2.31. The normalized spacial score (nSPS) is 41.9. The molecule has 0 bridgehead atoms. The molecule has 0 amide bonds. The molecule has 15 heteroatoms. The van der Waals surface area contributed by atoms with Gasteiger partial charge in [0.25, 0.3) is 0 Å². The topological polar surface area (TPSA) is 259 Å². The first-order chi connectivity index (χ1) is 15.1. The van der Waals surface area contributed by atoms with E-state index in [-0.39, 0.29) is 0 Å². The highest BCUT2D eigenvalue weighted by Gasteiger charge is 2.52. The molecule has 190 valence electrons. The zero-order valence-corrected chi connectivity index (χ0v) is 16.9. The van der Waals surface area contributed by atoms with E-state index in [1.165, 1.54) is 0 Å². The van der Waals surface area contributed by atoms with Gasteiger partial charge in [-0.25, -0.2) is 0 Å². The summed E-state index contributed by atoms with van der Waals surface area (Å²) in [5, 5.41) is 107. The Labute approximate surface area is 182 Å². The molecule has 0 spiro atoms.